The Kier molecular flexibility index (Phi) is 9.51. The predicted octanol–water partition coefficient (Wildman–Crippen LogP) is 5.95. The average molecular weight is 625 g/mol. The maximum Gasteiger partial charge on any atom is 0.256 e. The van der Waals surface area contributed by atoms with E-state index in [0.717, 1.165) is 48.4 Å². The number of likely N-dealkylation sites (N-methyl/N-ethyl adjacent to an activating group) is 1. The zero-order chi connectivity index (χ0) is 32.5. The number of aromatic nitrogens is 5. The van der Waals surface area contributed by atoms with Crippen molar-refractivity contribution in [1.29, 1.82) is 0 Å². The minimum atomic E-state index is -2.03. The van der Waals surface area contributed by atoms with Crippen LogP contribution in [0.1, 0.15) is 58.2 Å². The molecule has 45 heavy (non-hydrogen) atoms. The molecule has 0 amide bonds. The maximum absolute atomic E-state index is 14.0. The molecule has 1 N–H and O–H groups in total. The molecule has 0 bridgehead atoms. The molecule has 1 saturated heterocycles. The van der Waals surface area contributed by atoms with E-state index in [9.17, 15) is 4.79 Å². The first-order valence-electron chi connectivity index (χ1n) is 16.1. The third-order valence-electron chi connectivity index (χ3n) is 9.60. The predicted molar refractivity (Wildman–Crippen MR) is 188 cm³/mol. The first-order valence-corrected chi connectivity index (χ1v) is 18.3. The van der Waals surface area contributed by atoms with Crippen molar-refractivity contribution in [2.24, 2.45) is 7.05 Å². The summed E-state index contributed by atoms with van der Waals surface area (Å²) < 4.78 is 3.48. The van der Waals surface area contributed by atoms with E-state index in [2.05, 4.69) is 105 Å². The Balaban J connectivity index is 1.58. The molecule has 10 heteroatoms. The van der Waals surface area contributed by atoms with Gasteiger partial charge in [-0.1, -0.05) is 47.5 Å². The second kappa shape index (κ2) is 13.2. The lowest BCUT2D eigenvalue weighted by Gasteiger charge is -2.38. The fraction of sp³-hybridized carbons (Fsp3) is 0.486. The van der Waals surface area contributed by atoms with Crippen LogP contribution in [0.15, 0.2) is 47.7 Å². The van der Waals surface area contributed by atoms with Gasteiger partial charge in [-0.2, -0.15) is 10.1 Å². The first-order chi connectivity index (χ1) is 21.4. The van der Waals surface area contributed by atoms with Crippen molar-refractivity contribution in [3.8, 4) is 11.5 Å². The minimum Gasteiger partial charge on any atom is -0.369 e. The van der Waals surface area contributed by atoms with Crippen molar-refractivity contribution in [2.45, 2.75) is 71.6 Å². The van der Waals surface area contributed by atoms with Gasteiger partial charge in [-0.15, -0.1) is 5.54 Å². The van der Waals surface area contributed by atoms with Crippen LogP contribution in [0.5, 0.6) is 0 Å². The SMILES string of the molecule is Cc1c(C#C[Si](C(C)C)(C(C)C)C(C)C)c2cnc(Nc3ccc(N4CCN(C)CC4)cc3)nc2n(Cc2cnn(C)c2)c1=O. The summed E-state index contributed by atoms with van der Waals surface area (Å²) in [6.07, 6.45) is 5.54. The van der Waals surface area contributed by atoms with Gasteiger partial charge in [0.1, 0.15) is 13.7 Å². The summed E-state index contributed by atoms with van der Waals surface area (Å²) >= 11 is 0. The van der Waals surface area contributed by atoms with Crippen LogP contribution >= 0.6 is 0 Å². The lowest BCUT2D eigenvalue weighted by molar-refractivity contribution is 0.313. The van der Waals surface area contributed by atoms with E-state index < -0.39 is 8.07 Å². The topological polar surface area (TPSA) is 84.1 Å². The lowest BCUT2D eigenvalue weighted by atomic mass is 10.1. The van der Waals surface area contributed by atoms with Crippen molar-refractivity contribution >= 4 is 36.4 Å². The van der Waals surface area contributed by atoms with Gasteiger partial charge in [-0.3, -0.25) is 14.0 Å². The van der Waals surface area contributed by atoms with E-state index in [4.69, 9.17) is 9.97 Å². The highest BCUT2D eigenvalue weighted by Gasteiger charge is 2.41. The zero-order valence-corrected chi connectivity index (χ0v) is 29.3. The Bertz CT molecular complexity index is 1750. The Hall–Kier alpha value is -3.94. The first kappa shape index (κ1) is 32.5. The van der Waals surface area contributed by atoms with Gasteiger partial charge in [-0.25, -0.2) is 4.98 Å². The summed E-state index contributed by atoms with van der Waals surface area (Å²) in [4.78, 5) is 28.5. The van der Waals surface area contributed by atoms with Gasteiger partial charge in [-0.05, 0) is 54.9 Å². The Labute approximate surface area is 268 Å². The summed E-state index contributed by atoms with van der Waals surface area (Å²) in [6.45, 7) is 20.2. The molecule has 0 saturated carbocycles. The van der Waals surface area contributed by atoms with Gasteiger partial charge in [0, 0.05) is 73.7 Å². The van der Waals surface area contributed by atoms with Crippen LogP contribution in [-0.4, -0.2) is 70.5 Å². The van der Waals surface area contributed by atoms with Crippen LogP contribution in [-0.2, 0) is 13.6 Å². The quantitative estimate of drug-likeness (QED) is 0.192. The molecule has 9 nitrogen and oxygen atoms in total. The molecule has 1 aliphatic heterocycles. The maximum atomic E-state index is 14.0. The molecule has 0 radical (unpaired) electrons. The molecule has 0 unspecified atom stereocenters. The average Bonchev–Trinajstić information content (AvgIpc) is 3.42. The molecular formula is C35H48N8OSi. The number of nitrogens with one attached hydrogen (secondary N) is 1. The number of anilines is 3. The smallest absolute Gasteiger partial charge is 0.256 e. The van der Waals surface area contributed by atoms with E-state index in [1.54, 1.807) is 15.4 Å². The second-order valence-corrected chi connectivity index (χ2v) is 19.0. The summed E-state index contributed by atoms with van der Waals surface area (Å²) in [5, 5.41) is 8.48. The van der Waals surface area contributed by atoms with E-state index in [0.29, 0.717) is 40.3 Å². The van der Waals surface area contributed by atoms with E-state index >= 15 is 0 Å². The molecule has 1 aromatic carbocycles. The molecule has 5 rings (SSSR count). The van der Waals surface area contributed by atoms with E-state index in [1.165, 1.54) is 5.69 Å². The Morgan fingerprint density at radius 1 is 0.933 bits per heavy atom. The largest absolute Gasteiger partial charge is 0.369 e. The van der Waals surface area contributed by atoms with Crippen LogP contribution in [0.3, 0.4) is 0 Å². The van der Waals surface area contributed by atoms with Crippen molar-refractivity contribution < 1.29 is 0 Å². The lowest BCUT2D eigenvalue weighted by Crippen LogP contribution is -2.44. The van der Waals surface area contributed by atoms with Gasteiger partial charge in [0.15, 0.2) is 0 Å². The molecule has 1 aliphatic rings. The van der Waals surface area contributed by atoms with Crippen molar-refractivity contribution in [3.63, 3.8) is 0 Å². The highest BCUT2D eigenvalue weighted by Crippen LogP contribution is 2.41. The number of aryl methyl sites for hydroxylation is 1. The Morgan fingerprint density at radius 2 is 1.58 bits per heavy atom. The zero-order valence-electron chi connectivity index (χ0n) is 28.3. The highest BCUT2D eigenvalue weighted by molar-refractivity contribution is 6.90. The molecule has 4 heterocycles. The monoisotopic (exact) mass is 624 g/mol. The number of benzene rings is 1. The van der Waals surface area contributed by atoms with Crippen LogP contribution < -0.4 is 15.8 Å². The number of pyridine rings is 1. The third kappa shape index (κ3) is 6.56. The van der Waals surface area contributed by atoms with E-state index in [1.807, 2.05) is 26.4 Å². The van der Waals surface area contributed by atoms with Gasteiger partial charge in [0.2, 0.25) is 5.95 Å². The van der Waals surface area contributed by atoms with Crippen LogP contribution in [0.2, 0.25) is 16.6 Å². The fourth-order valence-electron chi connectivity index (χ4n) is 7.02. The summed E-state index contributed by atoms with van der Waals surface area (Å²) in [5.41, 5.74) is 10.1. The van der Waals surface area contributed by atoms with Gasteiger partial charge >= 0.3 is 0 Å². The van der Waals surface area contributed by atoms with Crippen LogP contribution in [0.4, 0.5) is 17.3 Å². The molecule has 0 aliphatic carbocycles. The summed E-state index contributed by atoms with van der Waals surface area (Å²) in [5.74, 6) is 4.00. The second-order valence-electron chi connectivity index (χ2n) is 13.5. The Morgan fingerprint density at radius 3 is 2.16 bits per heavy atom. The fourth-order valence-corrected chi connectivity index (χ4v) is 12.2. The summed E-state index contributed by atoms with van der Waals surface area (Å²) in [6, 6.07) is 8.39. The van der Waals surface area contributed by atoms with Crippen molar-refractivity contribution in [3.05, 3.63) is 69.9 Å². The number of nitrogens with zero attached hydrogens (tertiary/aromatic N) is 7. The molecule has 1 fully saturated rings. The molecule has 4 aromatic rings. The third-order valence-corrected chi connectivity index (χ3v) is 15.9. The minimum absolute atomic E-state index is 0.0947. The van der Waals surface area contributed by atoms with Gasteiger partial charge < -0.3 is 15.1 Å². The standard InChI is InChI=1S/C35H48N8OSi/c1-24(2)45(25(3)4,26(5)6)19-14-31-27(7)34(44)43(23-28-20-37-41(9)22-28)33-32(31)21-36-35(39-33)38-29-10-12-30(13-11-29)42-17-15-40(8)16-18-42/h10-13,20-22,24-26H,15-18,23H2,1-9H3,(H,36,38,39). The molecule has 3 aromatic heterocycles. The molecule has 0 atom stereocenters. The van der Waals surface area contributed by atoms with Gasteiger partial charge in [0.05, 0.1) is 18.1 Å². The van der Waals surface area contributed by atoms with Crippen LogP contribution in [0.25, 0.3) is 11.0 Å². The number of fused-ring (bicyclic) bond motifs is 1. The van der Waals surface area contributed by atoms with Crippen LogP contribution in [0, 0.1) is 18.4 Å². The van der Waals surface area contributed by atoms with E-state index in [-0.39, 0.29) is 5.56 Å². The summed E-state index contributed by atoms with van der Waals surface area (Å²) in [7, 11) is 2.01. The van der Waals surface area contributed by atoms with Crippen molar-refractivity contribution in [1.82, 2.24) is 29.2 Å². The molecular weight excluding hydrogens is 577 g/mol. The number of rotatable bonds is 8. The number of hydrogen-bond acceptors (Lipinski definition) is 7. The normalized spacial score (nSPS) is 14.4. The number of hydrogen-bond donors (Lipinski definition) is 1. The highest BCUT2D eigenvalue weighted by atomic mass is 28.3. The molecule has 0 spiro atoms. The van der Waals surface area contributed by atoms with Crippen molar-refractivity contribution in [2.75, 3.05) is 43.4 Å². The molecule has 238 valence electrons. The van der Waals surface area contributed by atoms with Gasteiger partial charge in [0.25, 0.3) is 5.56 Å². The number of piperazine rings is 1.